The molecule has 1 atom stereocenters. The van der Waals surface area contributed by atoms with Gasteiger partial charge in [0.15, 0.2) is 0 Å². The summed E-state index contributed by atoms with van der Waals surface area (Å²) in [4.78, 5) is 0. The Bertz CT molecular complexity index is 883. The van der Waals surface area contributed by atoms with Gasteiger partial charge in [0, 0.05) is 12.0 Å². The molecule has 7 heteroatoms. The van der Waals surface area contributed by atoms with Crippen LogP contribution in [0.25, 0.3) is 0 Å². The van der Waals surface area contributed by atoms with Crippen LogP contribution >= 0.6 is 23.2 Å². The van der Waals surface area contributed by atoms with Crippen molar-refractivity contribution in [1.29, 1.82) is 0 Å². The van der Waals surface area contributed by atoms with Crippen LogP contribution in [0, 0.1) is 0 Å². The number of allylic oxidation sites excluding steroid dienone is 8. The van der Waals surface area contributed by atoms with Crippen LogP contribution in [0.3, 0.4) is 0 Å². The van der Waals surface area contributed by atoms with Crippen LogP contribution in [0.1, 0.15) is 52.4 Å². The number of rotatable bonds is 7. The van der Waals surface area contributed by atoms with Crippen molar-refractivity contribution in [2.75, 3.05) is 6.61 Å². The zero-order valence-electron chi connectivity index (χ0n) is 17.7. The first-order valence-electron chi connectivity index (χ1n) is 10.3. The third-order valence-corrected chi connectivity index (χ3v) is 5.65. The maximum absolute atomic E-state index is 13.3. The van der Waals surface area contributed by atoms with Gasteiger partial charge in [-0.2, -0.15) is 13.2 Å². The second kappa shape index (κ2) is 11.7. The molecule has 2 aliphatic rings. The highest BCUT2D eigenvalue weighted by Crippen LogP contribution is 2.38. The first-order chi connectivity index (χ1) is 14.6. The minimum absolute atomic E-state index is 0.00895. The molecule has 170 valence electrons. The Morgan fingerprint density at radius 3 is 2.71 bits per heavy atom. The van der Waals surface area contributed by atoms with Gasteiger partial charge in [-0.3, -0.25) is 0 Å². The normalized spacial score (nSPS) is 20.0. The Hall–Kier alpha value is -1.81. The van der Waals surface area contributed by atoms with Crippen molar-refractivity contribution in [3.63, 3.8) is 0 Å². The Morgan fingerprint density at radius 1 is 1.29 bits per heavy atom. The predicted octanol–water partition coefficient (Wildman–Crippen LogP) is 8.33. The molecule has 0 aromatic rings. The molecule has 2 nitrogen and oxygen atoms in total. The summed E-state index contributed by atoms with van der Waals surface area (Å²) in [6.45, 7) is 3.94. The molecule has 0 saturated heterocycles. The molecule has 2 rings (SSSR count). The van der Waals surface area contributed by atoms with Gasteiger partial charge >= 0.3 is 6.18 Å². The van der Waals surface area contributed by atoms with Gasteiger partial charge in [0.25, 0.3) is 0 Å². The number of unbranched alkanes of at least 4 members (excludes halogenated alkanes) is 1. The summed E-state index contributed by atoms with van der Waals surface area (Å²) < 4.78 is 45.8. The van der Waals surface area contributed by atoms with E-state index in [1.165, 1.54) is 0 Å². The van der Waals surface area contributed by atoms with Crippen molar-refractivity contribution in [2.24, 2.45) is 0 Å². The molecule has 0 aromatic heterocycles. The fourth-order valence-electron chi connectivity index (χ4n) is 3.16. The Kier molecular flexibility index (Phi) is 9.61. The molecule has 0 heterocycles. The van der Waals surface area contributed by atoms with Crippen LogP contribution in [0.5, 0.6) is 0 Å². The average Bonchev–Trinajstić information content (AvgIpc) is 2.92. The van der Waals surface area contributed by atoms with Crippen LogP contribution in [0.15, 0.2) is 75.0 Å². The molecule has 0 spiro atoms. The van der Waals surface area contributed by atoms with Gasteiger partial charge in [-0.25, -0.2) is 0 Å². The van der Waals surface area contributed by atoms with E-state index < -0.39 is 17.1 Å². The van der Waals surface area contributed by atoms with E-state index in [0.29, 0.717) is 18.8 Å². The van der Waals surface area contributed by atoms with E-state index >= 15 is 0 Å². The Morgan fingerprint density at radius 2 is 2.03 bits per heavy atom. The number of hydrogen-bond donors (Lipinski definition) is 1. The minimum Gasteiger partial charge on any atom is -0.507 e. The standard InChI is InChI=1S/C24H27Cl2F3O2/c1-3-4-8-23(30)20(18-10-12-22(26)21(14-18)24(27,28)29)13-16(2)31-15-17-6-5-7-19(25)11-9-17/h6-8,10,14,22,30H,3-5,9,11-12,15H2,1-2H3/b23-8+/t13?,22-/m0/s1. The average molecular weight is 475 g/mol. The largest absolute Gasteiger partial charge is 0.507 e. The van der Waals surface area contributed by atoms with E-state index in [0.717, 1.165) is 42.4 Å². The third-order valence-electron chi connectivity index (χ3n) is 4.90. The summed E-state index contributed by atoms with van der Waals surface area (Å²) in [5.41, 5.74) is 3.59. The van der Waals surface area contributed by atoms with Crippen LogP contribution in [0.4, 0.5) is 13.2 Å². The highest BCUT2D eigenvalue weighted by atomic mass is 35.5. The lowest BCUT2D eigenvalue weighted by Crippen LogP contribution is -2.22. The maximum atomic E-state index is 13.3. The Labute approximate surface area is 191 Å². The van der Waals surface area contributed by atoms with Crippen molar-refractivity contribution in [1.82, 2.24) is 0 Å². The van der Waals surface area contributed by atoms with Crippen molar-refractivity contribution >= 4 is 23.2 Å². The molecule has 0 saturated carbocycles. The van der Waals surface area contributed by atoms with E-state index in [1.54, 1.807) is 19.1 Å². The number of aliphatic hydroxyl groups is 1. The summed E-state index contributed by atoms with van der Waals surface area (Å²) in [6.07, 6.45) is 7.24. The van der Waals surface area contributed by atoms with E-state index in [2.05, 4.69) is 11.8 Å². The summed E-state index contributed by atoms with van der Waals surface area (Å²) >= 11 is 11.9. The van der Waals surface area contributed by atoms with Crippen molar-refractivity contribution in [3.05, 3.63) is 75.0 Å². The van der Waals surface area contributed by atoms with Gasteiger partial charge < -0.3 is 9.84 Å². The van der Waals surface area contributed by atoms with Crippen LogP contribution in [-0.4, -0.2) is 23.3 Å². The fourth-order valence-corrected chi connectivity index (χ4v) is 3.62. The molecule has 0 unspecified atom stereocenters. The highest BCUT2D eigenvalue weighted by molar-refractivity contribution is 6.29. The molecule has 0 amide bonds. The topological polar surface area (TPSA) is 29.5 Å². The van der Waals surface area contributed by atoms with Crippen LogP contribution in [0.2, 0.25) is 0 Å². The van der Waals surface area contributed by atoms with Crippen molar-refractivity contribution in [3.8, 4) is 0 Å². The van der Waals surface area contributed by atoms with Crippen molar-refractivity contribution < 1.29 is 23.0 Å². The SMILES string of the molecule is CCC/C=C(/O)C(=C=C(C)OCC1=CCC=C(Cl)CC1)C1=CC[C@H](Cl)C(C(F)(F)F)=C1. The molecule has 0 radical (unpaired) electrons. The van der Waals surface area contributed by atoms with Gasteiger partial charge in [-0.05, 0) is 55.4 Å². The predicted molar refractivity (Wildman–Crippen MR) is 120 cm³/mol. The number of halogens is 5. The number of alkyl halides is 4. The lowest BCUT2D eigenvalue weighted by atomic mass is 9.92. The zero-order valence-corrected chi connectivity index (χ0v) is 19.2. The molecule has 0 fully saturated rings. The fraction of sp³-hybridized carbons (Fsp3) is 0.458. The van der Waals surface area contributed by atoms with Crippen LogP contribution < -0.4 is 0 Å². The lowest BCUT2D eigenvalue weighted by molar-refractivity contribution is -0.0936. The first-order valence-corrected chi connectivity index (χ1v) is 11.1. The van der Waals surface area contributed by atoms with E-state index in [4.69, 9.17) is 27.9 Å². The van der Waals surface area contributed by atoms with Gasteiger partial charge in [0.2, 0.25) is 0 Å². The van der Waals surface area contributed by atoms with Crippen molar-refractivity contribution in [2.45, 2.75) is 63.9 Å². The minimum atomic E-state index is -4.55. The van der Waals surface area contributed by atoms with E-state index in [1.807, 2.05) is 13.0 Å². The highest BCUT2D eigenvalue weighted by Gasteiger charge is 2.39. The molecule has 0 aromatic carbocycles. The van der Waals surface area contributed by atoms with E-state index in [-0.39, 0.29) is 23.3 Å². The van der Waals surface area contributed by atoms with E-state index in [9.17, 15) is 18.3 Å². The summed E-state index contributed by atoms with van der Waals surface area (Å²) in [6, 6.07) is 0. The molecular formula is C24H27Cl2F3O2. The number of aliphatic hydroxyl groups excluding tert-OH is 1. The molecule has 2 aliphatic carbocycles. The third kappa shape index (κ3) is 7.99. The van der Waals surface area contributed by atoms with Gasteiger partial charge in [0.05, 0.1) is 16.5 Å². The molecule has 0 bridgehead atoms. The zero-order chi connectivity index (χ0) is 23.0. The Balaban J connectivity index is 2.34. The second-order valence-corrected chi connectivity index (χ2v) is 8.44. The lowest BCUT2D eigenvalue weighted by Gasteiger charge is -2.21. The second-order valence-electron chi connectivity index (χ2n) is 7.43. The molecule has 1 N–H and O–H groups in total. The summed E-state index contributed by atoms with van der Waals surface area (Å²) in [5, 5.41) is 10.2. The maximum Gasteiger partial charge on any atom is 0.414 e. The molecule has 31 heavy (non-hydrogen) atoms. The summed E-state index contributed by atoms with van der Waals surface area (Å²) in [7, 11) is 0. The first kappa shape index (κ1) is 25.5. The van der Waals surface area contributed by atoms with Gasteiger partial charge in [0.1, 0.15) is 18.1 Å². The molecule has 0 aliphatic heterocycles. The van der Waals surface area contributed by atoms with Gasteiger partial charge in [-0.1, -0.05) is 48.9 Å². The molecular weight excluding hydrogens is 448 g/mol. The van der Waals surface area contributed by atoms with Gasteiger partial charge in [-0.15, -0.1) is 11.6 Å². The monoisotopic (exact) mass is 474 g/mol. The van der Waals surface area contributed by atoms with Crippen LogP contribution in [-0.2, 0) is 4.74 Å². The summed E-state index contributed by atoms with van der Waals surface area (Å²) in [5.74, 6) is 0.234. The number of ether oxygens (including phenoxy) is 1. The smallest absolute Gasteiger partial charge is 0.414 e. The quantitative estimate of drug-likeness (QED) is 0.132. The number of hydrogen-bond acceptors (Lipinski definition) is 2.